The third-order valence-corrected chi connectivity index (χ3v) is 3.00. The molecule has 0 aliphatic rings. The molecule has 0 heterocycles. The molecule has 0 aliphatic heterocycles. The number of benzene rings is 1. The van der Waals surface area contributed by atoms with Crippen LogP contribution in [0, 0.1) is 10.1 Å². The van der Waals surface area contributed by atoms with Crippen LogP contribution in [-0.4, -0.2) is 23.3 Å². The largest absolute Gasteiger partial charge is 0.493 e. The third kappa shape index (κ3) is 4.89. The van der Waals surface area contributed by atoms with Crippen LogP contribution in [0.5, 0.6) is 11.5 Å². The van der Waals surface area contributed by atoms with E-state index in [0.717, 1.165) is 0 Å². The lowest BCUT2D eigenvalue weighted by atomic mass is 10.1. The number of aryl methyl sites for hydroxylation is 1. The molecule has 0 amide bonds. The summed E-state index contributed by atoms with van der Waals surface area (Å²) in [5.74, 6) is -0.292. The van der Waals surface area contributed by atoms with Gasteiger partial charge in [0.05, 0.1) is 18.1 Å². The normalized spacial score (nSPS) is 10.0. The van der Waals surface area contributed by atoms with Crippen LogP contribution in [0.1, 0.15) is 25.3 Å². The highest BCUT2D eigenvalue weighted by Crippen LogP contribution is 2.35. The number of hydrogen-bond donors (Lipinski definition) is 0. The van der Waals surface area contributed by atoms with Crippen LogP contribution < -0.4 is 9.62 Å². The molecule has 0 radical (unpaired) electrons. The summed E-state index contributed by atoms with van der Waals surface area (Å²) in [5, 5.41) is 11.6. The smallest absolute Gasteiger partial charge is 0.355 e. The molecule has 1 aromatic rings. The van der Waals surface area contributed by atoms with Gasteiger partial charge in [0, 0.05) is 17.3 Å². The highest BCUT2D eigenvalue weighted by Gasteiger charge is 2.20. The molecule has 0 spiro atoms. The van der Waals surface area contributed by atoms with Crippen molar-refractivity contribution in [3.05, 3.63) is 27.8 Å². The highest BCUT2D eigenvalue weighted by molar-refractivity contribution is 9.09. The summed E-state index contributed by atoms with van der Waals surface area (Å²) in [5.41, 5.74) is 0.387. The number of alkyl halides is 1. The first-order valence-corrected chi connectivity index (χ1v) is 7.44. The number of carbonyl (C=O) groups excluding carboxylic acids is 1. The summed E-state index contributed by atoms with van der Waals surface area (Å²) in [6.45, 7) is 1.82. The SMILES string of the molecule is CCCC(=O)OOc1cc([N+](=O)[O-])c(CCBr)cc1OC. The molecule has 116 valence electrons. The predicted octanol–water partition coefficient (Wildman–Crippen LogP) is 3.18. The highest BCUT2D eigenvalue weighted by atomic mass is 79.9. The molecule has 8 heteroatoms. The molecule has 0 fully saturated rings. The first kappa shape index (κ1) is 17.2. The predicted molar refractivity (Wildman–Crippen MR) is 78.8 cm³/mol. The molecule has 1 rings (SSSR count). The zero-order chi connectivity index (χ0) is 15.8. The van der Waals surface area contributed by atoms with Crippen LogP contribution in [0.3, 0.4) is 0 Å². The molecule has 0 bridgehead atoms. The Hall–Kier alpha value is -1.83. The van der Waals surface area contributed by atoms with Crippen molar-refractivity contribution < 1.29 is 24.2 Å². The molecule has 0 saturated carbocycles. The van der Waals surface area contributed by atoms with Gasteiger partial charge in [-0.3, -0.25) is 19.9 Å². The van der Waals surface area contributed by atoms with E-state index in [1.165, 1.54) is 19.2 Å². The molecule has 1 aromatic carbocycles. The fourth-order valence-corrected chi connectivity index (χ4v) is 2.05. The Morgan fingerprint density at radius 2 is 2.10 bits per heavy atom. The van der Waals surface area contributed by atoms with E-state index in [-0.39, 0.29) is 23.6 Å². The van der Waals surface area contributed by atoms with Gasteiger partial charge in [-0.05, 0) is 18.9 Å². The molecular weight excluding hydrogens is 346 g/mol. The van der Waals surface area contributed by atoms with Crippen LogP contribution >= 0.6 is 15.9 Å². The summed E-state index contributed by atoms with van der Waals surface area (Å²) in [7, 11) is 1.40. The number of nitrogens with zero attached hydrogens (tertiary/aromatic N) is 1. The second-order valence-corrected chi connectivity index (χ2v) is 4.91. The van der Waals surface area contributed by atoms with Crippen molar-refractivity contribution in [3.63, 3.8) is 0 Å². The molecule has 0 N–H and O–H groups in total. The third-order valence-electron chi connectivity index (χ3n) is 2.60. The number of halogens is 1. The van der Waals surface area contributed by atoms with Crippen molar-refractivity contribution in [2.24, 2.45) is 0 Å². The number of carbonyl (C=O) groups is 1. The van der Waals surface area contributed by atoms with Gasteiger partial charge in [-0.25, -0.2) is 4.79 Å². The van der Waals surface area contributed by atoms with Crippen LogP contribution in [0.15, 0.2) is 12.1 Å². The summed E-state index contributed by atoms with van der Waals surface area (Å²) in [6, 6.07) is 2.69. The molecule has 0 saturated heterocycles. The van der Waals surface area contributed by atoms with Crippen molar-refractivity contribution in [1.82, 2.24) is 0 Å². The number of ether oxygens (including phenoxy) is 1. The summed E-state index contributed by atoms with van der Waals surface area (Å²) in [6.07, 6.45) is 1.28. The second kappa shape index (κ2) is 8.46. The average molecular weight is 362 g/mol. The lowest BCUT2D eigenvalue weighted by molar-refractivity contribution is -0.385. The van der Waals surface area contributed by atoms with Gasteiger partial charge >= 0.3 is 5.97 Å². The quantitative estimate of drug-likeness (QED) is 0.305. The topological polar surface area (TPSA) is 87.9 Å². The Kier molecular flexibility index (Phi) is 6.93. The molecule has 0 unspecified atom stereocenters. The van der Waals surface area contributed by atoms with E-state index in [2.05, 4.69) is 20.8 Å². The lowest BCUT2D eigenvalue weighted by Gasteiger charge is -2.10. The fraction of sp³-hybridized carbons (Fsp3) is 0.462. The van der Waals surface area contributed by atoms with Gasteiger partial charge in [0.15, 0.2) is 5.75 Å². The van der Waals surface area contributed by atoms with Gasteiger partial charge in [-0.1, -0.05) is 22.9 Å². The second-order valence-electron chi connectivity index (χ2n) is 4.12. The average Bonchev–Trinajstić information content (AvgIpc) is 2.45. The van der Waals surface area contributed by atoms with Crippen molar-refractivity contribution in [3.8, 4) is 11.5 Å². The number of rotatable bonds is 8. The maximum Gasteiger partial charge on any atom is 0.355 e. The van der Waals surface area contributed by atoms with Gasteiger partial charge < -0.3 is 4.74 Å². The molecule has 0 atom stereocenters. The zero-order valence-electron chi connectivity index (χ0n) is 11.8. The Morgan fingerprint density at radius 3 is 2.62 bits per heavy atom. The molecule has 0 aromatic heterocycles. The van der Waals surface area contributed by atoms with Crippen LogP contribution in [-0.2, 0) is 16.1 Å². The minimum atomic E-state index is -0.549. The van der Waals surface area contributed by atoms with Gasteiger partial charge in [0.25, 0.3) is 5.69 Å². The van der Waals surface area contributed by atoms with Gasteiger partial charge in [-0.2, -0.15) is 0 Å². The number of hydrogen-bond acceptors (Lipinski definition) is 6. The van der Waals surface area contributed by atoms with Crippen LogP contribution in [0.25, 0.3) is 0 Å². The van der Waals surface area contributed by atoms with Crippen molar-refractivity contribution in [2.75, 3.05) is 12.4 Å². The van der Waals surface area contributed by atoms with Crippen molar-refractivity contribution in [2.45, 2.75) is 26.2 Å². The van der Waals surface area contributed by atoms with E-state index in [1.807, 2.05) is 6.92 Å². The van der Waals surface area contributed by atoms with Crippen molar-refractivity contribution in [1.29, 1.82) is 0 Å². The lowest BCUT2D eigenvalue weighted by Crippen LogP contribution is -2.08. The van der Waals surface area contributed by atoms with E-state index in [0.29, 0.717) is 23.7 Å². The minimum Gasteiger partial charge on any atom is -0.493 e. The summed E-state index contributed by atoms with van der Waals surface area (Å²) in [4.78, 5) is 31.3. The monoisotopic (exact) mass is 361 g/mol. The Morgan fingerprint density at radius 1 is 1.38 bits per heavy atom. The standard InChI is InChI=1S/C13H16BrNO6/c1-3-4-13(16)21-20-12-8-10(15(17)18)9(5-6-14)7-11(12)19-2/h7-8H,3-6H2,1-2H3. The fourth-order valence-electron chi connectivity index (χ4n) is 1.63. The first-order chi connectivity index (χ1) is 10.0. The van der Waals surface area contributed by atoms with E-state index in [1.54, 1.807) is 0 Å². The molecule has 0 aliphatic carbocycles. The summed E-state index contributed by atoms with van der Waals surface area (Å²) >= 11 is 3.24. The maximum absolute atomic E-state index is 11.3. The van der Waals surface area contributed by atoms with Crippen LogP contribution in [0.4, 0.5) is 5.69 Å². The van der Waals surface area contributed by atoms with Crippen molar-refractivity contribution >= 4 is 27.6 Å². The van der Waals surface area contributed by atoms with Crippen LogP contribution in [0.2, 0.25) is 0 Å². The van der Waals surface area contributed by atoms with E-state index < -0.39 is 10.9 Å². The van der Waals surface area contributed by atoms with E-state index in [9.17, 15) is 14.9 Å². The molecule has 7 nitrogen and oxygen atoms in total. The number of nitro benzene ring substituents is 1. The number of methoxy groups -OCH3 is 1. The Bertz CT molecular complexity index is 520. The van der Waals surface area contributed by atoms with Gasteiger partial charge in [0.1, 0.15) is 0 Å². The Labute approximate surface area is 130 Å². The van der Waals surface area contributed by atoms with Gasteiger partial charge in [-0.15, -0.1) is 0 Å². The number of nitro groups is 1. The van der Waals surface area contributed by atoms with E-state index >= 15 is 0 Å². The maximum atomic E-state index is 11.3. The summed E-state index contributed by atoms with van der Waals surface area (Å²) < 4.78 is 5.11. The van der Waals surface area contributed by atoms with E-state index in [4.69, 9.17) is 9.62 Å². The zero-order valence-corrected chi connectivity index (χ0v) is 13.3. The Balaban J connectivity index is 3.04. The molecular formula is C13H16BrNO6. The first-order valence-electron chi connectivity index (χ1n) is 6.32. The minimum absolute atomic E-state index is 0.00743. The van der Waals surface area contributed by atoms with Gasteiger partial charge in [0.2, 0.25) is 5.75 Å². The molecule has 21 heavy (non-hydrogen) atoms.